The van der Waals surface area contributed by atoms with Crippen molar-refractivity contribution in [2.75, 3.05) is 19.6 Å². The monoisotopic (exact) mass is 323 g/mol. The smallest absolute Gasteiger partial charge is 0.282 e. The van der Waals surface area contributed by atoms with E-state index in [1.165, 1.54) is 4.90 Å². The lowest BCUT2D eigenvalue weighted by molar-refractivity contribution is -0.132. The van der Waals surface area contributed by atoms with Gasteiger partial charge in [-0.05, 0) is 0 Å². The highest BCUT2D eigenvalue weighted by molar-refractivity contribution is 14.1. The molecule has 0 N–H and O–H groups in total. The van der Waals surface area contributed by atoms with E-state index in [1.807, 2.05) is 9.18 Å². The van der Waals surface area contributed by atoms with Crippen molar-refractivity contribution in [2.24, 2.45) is 0 Å². The van der Waals surface area contributed by atoms with Gasteiger partial charge in [-0.25, -0.2) is 7.50 Å². The first-order chi connectivity index (χ1) is 7.06. The molecule has 0 aromatic carbocycles. The van der Waals surface area contributed by atoms with E-state index in [2.05, 4.69) is 29.4 Å². The molecular weight excluding hydrogens is 312 g/mol. The number of nitriles is 1. The van der Waals surface area contributed by atoms with Gasteiger partial charge in [-0.1, -0.05) is 6.58 Å². The van der Waals surface area contributed by atoms with E-state index < -0.39 is 11.7 Å². The highest BCUT2D eigenvalue weighted by Gasteiger charge is 2.30. The van der Waals surface area contributed by atoms with E-state index in [0.717, 1.165) is 0 Å². The highest BCUT2D eigenvalue weighted by atomic mass is 127. The van der Waals surface area contributed by atoms with Crippen LogP contribution in [0.15, 0.2) is 12.4 Å². The summed E-state index contributed by atoms with van der Waals surface area (Å²) in [6.07, 6.45) is 0.221. The summed E-state index contributed by atoms with van der Waals surface area (Å²) in [5, 5.41) is 8.62. The molecule has 0 unspecified atom stereocenters. The molecule has 1 aliphatic rings. The Morgan fingerprint density at radius 3 is 2.87 bits per heavy atom. The minimum Gasteiger partial charge on any atom is -0.330 e. The molecule has 82 valence electrons. The molecule has 1 aliphatic heterocycles. The summed E-state index contributed by atoms with van der Waals surface area (Å²) in [6.45, 7) is 4.70. The zero-order valence-corrected chi connectivity index (χ0v) is 10.3. The molecular formula is C9H11FIN3O. The third kappa shape index (κ3) is 3.14. The van der Waals surface area contributed by atoms with E-state index in [4.69, 9.17) is 5.26 Å². The van der Waals surface area contributed by atoms with Gasteiger partial charge in [-0.15, -0.1) is 0 Å². The maximum Gasteiger partial charge on any atom is 0.282 e. The number of hydrogen-bond donors (Lipinski definition) is 0. The Balaban J connectivity index is 2.73. The maximum atomic E-state index is 12.7. The van der Waals surface area contributed by atoms with Crippen LogP contribution in [0.2, 0.25) is 0 Å². The topological polar surface area (TPSA) is 47.3 Å². The molecule has 1 rings (SSSR count). The fraction of sp³-hybridized carbons (Fsp3) is 0.556. The lowest BCUT2D eigenvalue weighted by atomic mass is 10.1. The summed E-state index contributed by atoms with van der Waals surface area (Å²) in [7, 11) is 0. The van der Waals surface area contributed by atoms with Crippen molar-refractivity contribution < 1.29 is 9.18 Å². The first-order valence-electron chi connectivity index (χ1n) is 4.49. The van der Waals surface area contributed by atoms with Gasteiger partial charge >= 0.3 is 0 Å². The third-order valence-electron chi connectivity index (χ3n) is 2.25. The van der Waals surface area contributed by atoms with Crippen LogP contribution < -0.4 is 0 Å². The average Bonchev–Trinajstić information content (AvgIpc) is 2.17. The average molecular weight is 323 g/mol. The first kappa shape index (κ1) is 12.4. The molecule has 0 bridgehead atoms. The number of rotatable bonds is 2. The molecule has 1 amide bonds. The number of amides is 1. The van der Waals surface area contributed by atoms with Crippen LogP contribution in [0.1, 0.15) is 6.42 Å². The SMILES string of the molecule is C=C(F)C(=O)N1CCN(I)C[C@@H]1CC#N. The Morgan fingerprint density at radius 1 is 1.67 bits per heavy atom. The Bertz CT molecular complexity index is 315. The van der Waals surface area contributed by atoms with Crippen LogP contribution in [-0.2, 0) is 4.79 Å². The molecule has 1 fully saturated rings. The number of carbonyl (C=O) groups is 1. The lowest BCUT2D eigenvalue weighted by Gasteiger charge is -2.37. The van der Waals surface area contributed by atoms with Crippen LogP contribution in [0.3, 0.4) is 0 Å². The lowest BCUT2D eigenvalue weighted by Crippen LogP contribution is -2.52. The van der Waals surface area contributed by atoms with Crippen LogP contribution in [0.4, 0.5) is 4.39 Å². The number of nitrogens with zero attached hydrogens (tertiary/aromatic N) is 3. The third-order valence-corrected chi connectivity index (χ3v) is 3.13. The Kier molecular flexibility index (Phi) is 4.47. The van der Waals surface area contributed by atoms with Crippen molar-refractivity contribution in [2.45, 2.75) is 12.5 Å². The molecule has 0 aromatic heterocycles. The molecule has 1 atom stereocenters. The molecule has 1 heterocycles. The summed E-state index contributed by atoms with van der Waals surface area (Å²) >= 11 is 2.13. The fourth-order valence-electron chi connectivity index (χ4n) is 1.52. The molecule has 0 saturated carbocycles. The van der Waals surface area contributed by atoms with E-state index >= 15 is 0 Å². The van der Waals surface area contributed by atoms with Gasteiger partial charge in [0, 0.05) is 42.5 Å². The quantitative estimate of drug-likeness (QED) is 0.436. The van der Waals surface area contributed by atoms with Gasteiger partial charge in [0.2, 0.25) is 0 Å². The van der Waals surface area contributed by atoms with Gasteiger partial charge < -0.3 is 4.90 Å². The van der Waals surface area contributed by atoms with Crippen molar-refractivity contribution in [1.29, 1.82) is 5.26 Å². The Hall–Kier alpha value is -0.680. The summed E-state index contributed by atoms with van der Waals surface area (Å²) in [5.74, 6) is -1.65. The van der Waals surface area contributed by atoms with Crippen LogP contribution in [0, 0.1) is 11.3 Å². The Labute approximate surface area is 102 Å². The zero-order chi connectivity index (χ0) is 11.4. The fourth-order valence-corrected chi connectivity index (χ4v) is 2.19. The number of halogens is 2. The van der Waals surface area contributed by atoms with Gasteiger partial charge in [0.15, 0.2) is 5.83 Å². The van der Waals surface area contributed by atoms with Crippen LogP contribution >= 0.6 is 22.9 Å². The predicted molar refractivity (Wildman–Crippen MR) is 61.6 cm³/mol. The largest absolute Gasteiger partial charge is 0.330 e. The van der Waals surface area contributed by atoms with Crippen molar-refractivity contribution in [3.05, 3.63) is 12.4 Å². The van der Waals surface area contributed by atoms with Crippen molar-refractivity contribution in [3.8, 4) is 6.07 Å². The van der Waals surface area contributed by atoms with Gasteiger partial charge in [0.25, 0.3) is 5.91 Å². The molecule has 0 spiro atoms. The van der Waals surface area contributed by atoms with Gasteiger partial charge in [-0.2, -0.15) is 5.26 Å². The normalized spacial score (nSPS) is 22.2. The zero-order valence-electron chi connectivity index (χ0n) is 8.12. The molecule has 0 radical (unpaired) electrons. The second-order valence-corrected chi connectivity index (χ2v) is 4.65. The summed E-state index contributed by atoms with van der Waals surface area (Å²) in [4.78, 5) is 12.8. The second-order valence-electron chi connectivity index (χ2n) is 3.29. The van der Waals surface area contributed by atoms with E-state index in [9.17, 15) is 9.18 Å². The van der Waals surface area contributed by atoms with Crippen molar-refractivity contribution in [3.63, 3.8) is 0 Å². The number of hydrogen-bond acceptors (Lipinski definition) is 3. The molecule has 15 heavy (non-hydrogen) atoms. The van der Waals surface area contributed by atoms with E-state index in [-0.39, 0.29) is 12.5 Å². The van der Waals surface area contributed by atoms with Crippen molar-refractivity contribution >= 4 is 28.8 Å². The molecule has 6 heteroatoms. The highest BCUT2D eigenvalue weighted by Crippen LogP contribution is 2.17. The minimum absolute atomic E-state index is 0.221. The first-order valence-corrected chi connectivity index (χ1v) is 5.45. The van der Waals surface area contributed by atoms with Crippen molar-refractivity contribution in [1.82, 2.24) is 8.01 Å². The maximum absolute atomic E-state index is 12.7. The summed E-state index contributed by atoms with van der Waals surface area (Å²) < 4.78 is 14.7. The second kappa shape index (κ2) is 5.42. The van der Waals surface area contributed by atoms with Gasteiger partial charge in [-0.3, -0.25) is 4.79 Å². The van der Waals surface area contributed by atoms with Crippen LogP contribution in [0.5, 0.6) is 0 Å². The molecule has 0 aliphatic carbocycles. The summed E-state index contributed by atoms with van der Waals surface area (Å²) in [6, 6.07) is 1.77. The Morgan fingerprint density at radius 2 is 2.33 bits per heavy atom. The summed E-state index contributed by atoms with van der Waals surface area (Å²) in [5.41, 5.74) is 0. The number of carbonyl (C=O) groups excluding carboxylic acids is 1. The predicted octanol–water partition coefficient (Wildman–Crippen LogP) is 1.25. The van der Waals surface area contributed by atoms with Gasteiger partial charge in [0.05, 0.1) is 18.5 Å². The van der Waals surface area contributed by atoms with Crippen LogP contribution in [0.25, 0.3) is 0 Å². The molecule has 1 saturated heterocycles. The standard InChI is InChI=1S/C9H11FIN3O/c1-7(10)9(15)14-5-4-13(11)6-8(14)2-3-12/h8H,1-2,4-6H2/t8-/m0/s1. The van der Waals surface area contributed by atoms with E-state index in [1.54, 1.807) is 0 Å². The van der Waals surface area contributed by atoms with Crippen LogP contribution in [-0.4, -0.2) is 39.6 Å². The van der Waals surface area contributed by atoms with Gasteiger partial charge in [0.1, 0.15) is 0 Å². The number of piperazine rings is 1. The minimum atomic E-state index is -0.958. The van der Waals surface area contributed by atoms with E-state index in [0.29, 0.717) is 19.6 Å². The molecule has 4 nitrogen and oxygen atoms in total. The molecule has 0 aromatic rings.